The zero-order valence-corrected chi connectivity index (χ0v) is 17.3. The highest BCUT2D eigenvalue weighted by molar-refractivity contribution is 5.21. The van der Waals surface area contributed by atoms with Crippen molar-refractivity contribution in [2.45, 2.75) is 51.6 Å². The van der Waals surface area contributed by atoms with Crippen LogP contribution >= 0.6 is 0 Å². The minimum atomic E-state index is 0.111. The van der Waals surface area contributed by atoms with Crippen molar-refractivity contribution in [3.8, 4) is 0 Å². The molecule has 5 nitrogen and oxygen atoms in total. The van der Waals surface area contributed by atoms with Crippen LogP contribution in [-0.4, -0.2) is 45.9 Å². The Labute approximate surface area is 173 Å². The normalized spacial score (nSPS) is 21.2. The monoisotopic (exact) mass is 392 g/mol. The topological polar surface area (TPSA) is 52.2 Å². The summed E-state index contributed by atoms with van der Waals surface area (Å²) in [4.78, 5) is 25.5. The summed E-state index contributed by atoms with van der Waals surface area (Å²) in [5.41, 5.74) is 3.49. The minimum absolute atomic E-state index is 0.111. The minimum Gasteiger partial charge on any atom is -0.310 e. The fourth-order valence-corrected chi connectivity index (χ4v) is 4.93. The summed E-state index contributed by atoms with van der Waals surface area (Å²) < 4.78 is 0. The molecule has 0 radical (unpaired) electrons. The molecule has 3 aliphatic rings. The Morgan fingerprint density at radius 1 is 0.966 bits per heavy atom. The van der Waals surface area contributed by atoms with Gasteiger partial charge >= 0.3 is 0 Å². The van der Waals surface area contributed by atoms with Crippen molar-refractivity contribution in [1.29, 1.82) is 0 Å². The Bertz CT molecular complexity index is 881. The van der Waals surface area contributed by atoms with Gasteiger partial charge in [-0.05, 0) is 62.6 Å². The summed E-state index contributed by atoms with van der Waals surface area (Å²) >= 11 is 0. The van der Waals surface area contributed by atoms with E-state index in [-0.39, 0.29) is 5.56 Å². The number of fused-ring (bicyclic) bond motifs is 1. The second-order valence-corrected chi connectivity index (χ2v) is 9.28. The van der Waals surface area contributed by atoms with Crippen molar-refractivity contribution >= 4 is 0 Å². The van der Waals surface area contributed by atoms with Gasteiger partial charge in [-0.2, -0.15) is 0 Å². The molecule has 0 unspecified atom stereocenters. The molecule has 1 aromatic heterocycles. The maximum atomic E-state index is 12.4. The van der Waals surface area contributed by atoms with E-state index in [0.29, 0.717) is 0 Å². The molecule has 5 rings (SSSR count). The fourth-order valence-electron chi connectivity index (χ4n) is 4.93. The van der Waals surface area contributed by atoms with Crippen LogP contribution in [0.1, 0.15) is 48.3 Å². The summed E-state index contributed by atoms with van der Waals surface area (Å²) in [6.45, 7) is 6.43. The van der Waals surface area contributed by atoms with Gasteiger partial charge < -0.3 is 4.98 Å². The van der Waals surface area contributed by atoms with Crippen molar-refractivity contribution in [2.75, 3.05) is 26.2 Å². The van der Waals surface area contributed by atoms with Crippen LogP contribution in [0.15, 0.2) is 35.1 Å². The summed E-state index contributed by atoms with van der Waals surface area (Å²) in [5.74, 6) is 2.42. The zero-order valence-electron chi connectivity index (χ0n) is 17.3. The van der Waals surface area contributed by atoms with E-state index in [1.54, 1.807) is 0 Å². The van der Waals surface area contributed by atoms with E-state index < -0.39 is 0 Å². The molecule has 0 bridgehead atoms. The zero-order chi connectivity index (χ0) is 19.6. The van der Waals surface area contributed by atoms with E-state index in [1.165, 1.54) is 44.3 Å². The first-order valence-electron chi connectivity index (χ1n) is 11.3. The first kappa shape index (κ1) is 19.0. The van der Waals surface area contributed by atoms with Crippen LogP contribution in [0.5, 0.6) is 0 Å². The Balaban J connectivity index is 1.15. The number of benzene rings is 1. The second-order valence-electron chi connectivity index (χ2n) is 9.28. The van der Waals surface area contributed by atoms with E-state index in [1.807, 2.05) is 0 Å². The molecule has 1 saturated carbocycles. The molecule has 1 N–H and O–H groups in total. The van der Waals surface area contributed by atoms with Gasteiger partial charge in [0.1, 0.15) is 5.82 Å². The van der Waals surface area contributed by atoms with Crippen LogP contribution in [0.4, 0.5) is 0 Å². The van der Waals surface area contributed by atoms with Gasteiger partial charge in [-0.1, -0.05) is 30.3 Å². The molecular formula is C24H32N4O. The summed E-state index contributed by atoms with van der Waals surface area (Å²) in [6.07, 6.45) is 6.90. The molecule has 29 heavy (non-hydrogen) atoms. The number of H-pyrrole nitrogens is 1. The lowest BCUT2D eigenvalue weighted by atomic mass is 9.94. The van der Waals surface area contributed by atoms with Gasteiger partial charge in [-0.25, -0.2) is 4.98 Å². The molecule has 0 spiro atoms. The Morgan fingerprint density at radius 3 is 2.52 bits per heavy atom. The van der Waals surface area contributed by atoms with Crippen LogP contribution in [-0.2, 0) is 25.9 Å². The lowest BCUT2D eigenvalue weighted by Crippen LogP contribution is -2.41. The number of aromatic amines is 1. The third-order valence-corrected chi connectivity index (χ3v) is 6.85. The molecule has 5 heteroatoms. The largest absolute Gasteiger partial charge is 0.310 e. The lowest BCUT2D eigenvalue weighted by Gasteiger charge is -2.36. The van der Waals surface area contributed by atoms with E-state index >= 15 is 0 Å². The first-order valence-corrected chi connectivity index (χ1v) is 11.3. The maximum Gasteiger partial charge on any atom is 0.254 e. The average Bonchev–Trinajstić information content (AvgIpc) is 3.54. The summed E-state index contributed by atoms with van der Waals surface area (Å²) in [5, 5.41) is 0. The highest BCUT2D eigenvalue weighted by Gasteiger charge is 2.27. The molecule has 3 heterocycles. The molecule has 2 fully saturated rings. The predicted molar refractivity (Wildman–Crippen MR) is 115 cm³/mol. The van der Waals surface area contributed by atoms with Crippen molar-refractivity contribution < 1.29 is 0 Å². The first-order chi connectivity index (χ1) is 14.2. The molecule has 2 aliphatic heterocycles. The average molecular weight is 393 g/mol. The Hall–Kier alpha value is -1.98. The maximum absolute atomic E-state index is 12.4. The smallest absolute Gasteiger partial charge is 0.254 e. The highest BCUT2D eigenvalue weighted by Crippen LogP contribution is 2.31. The number of hydrogen-bond donors (Lipinski definition) is 1. The van der Waals surface area contributed by atoms with Crippen molar-refractivity contribution in [2.24, 2.45) is 11.8 Å². The number of aromatic nitrogens is 2. The molecule has 2 aromatic rings. The van der Waals surface area contributed by atoms with Crippen LogP contribution in [0.3, 0.4) is 0 Å². The number of nitrogens with zero attached hydrogens (tertiary/aromatic N) is 3. The third kappa shape index (κ3) is 4.78. The second kappa shape index (κ2) is 8.41. The molecule has 1 aromatic carbocycles. The van der Waals surface area contributed by atoms with Crippen molar-refractivity contribution in [3.05, 3.63) is 63.3 Å². The Kier molecular flexibility index (Phi) is 5.51. The van der Waals surface area contributed by atoms with Gasteiger partial charge in [-0.3, -0.25) is 14.6 Å². The van der Waals surface area contributed by atoms with Crippen LogP contribution in [0.25, 0.3) is 0 Å². The van der Waals surface area contributed by atoms with E-state index in [4.69, 9.17) is 4.98 Å². The van der Waals surface area contributed by atoms with Gasteiger partial charge in [0, 0.05) is 38.2 Å². The van der Waals surface area contributed by atoms with E-state index in [9.17, 15) is 4.79 Å². The highest BCUT2D eigenvalue weighted by atomic mass is 16.1. The lowest BCUT2D eigenvalue weighted by molar-refractivity contribution is 0.131. The van der Waals surface area contributed by atoms with E-state index in [0.717, 1.165) is 67.9 Å². The van der Waals surface area contributed by atoms with Gasteiger partial charge in [0.25, 0.3) is 5.56 Å². The number of piperidine rings is 1. The van der Waals surface area contributed by atoms with E-state index in [2.05, 4.69) is 45.1 Å². The van der Waals surface area contributed by atoms with Crippen molar-refractivity contribution in [1.82, 2.24) is 19.8 Å². The van der Waals surface area contributed by atoms with Crippen LogP contribution in [0.2, 0.25) is 0 Å². The Morgan fingerprint density at radius 2 is 1.76 bits per heavy atom. The SMILES string of the molecule is O=c1[nH]c(CC2CC2)nc2c1CCN(CC1CCN(Cc3ccccc3)CC1)C2. The third-order valence-electron chi connectivity index (χ3n) is 6.85. The van der Waals surface area contributed by atoms with Gasteiger partial charge in [0.2, 0.25) is 0 Å². The van der Waals surface area contributed by atoms with Crippen LogP contribution < -0.4 is 5.56 Å². The predicted octanol–water partition coefficient (Wildman–Crippen LogP) is 2.99. The summed E-state index contributed by atoms with van der Waals surface area (Å²) in [6, 6.07) is 10.8. The quantitative estimate of drug-likeness (QED) is 0.821. The van der Waals surface area contributed by atoms with Crippen LogP contribution in [0, 0.1) is 11.8 Å². The molecular weight excluding hydrogens is 360 g/mol. The molecule has 1 aliphatic carbocycles. The standard InChI is InChI=1S/C24H32N4O/c29-24-21-10-13-28(17-22(21)25-23(26-24)14-18-6-7-18)16-20-8-11-27(12-9-20)15-19-4-2-1-3-5-19/h1-5,18,20H,6-17H2,(H,25,26,29). The molecule has 0 atom stereocenters. The number of nitrogens with one attached hydrogen (secondary N) is 1. The van der Waals surface area contributed by atoms with Gasteiger partial charge in [-0.15, -0.1) is 0 Å². The number of rotatable bonds is 6. The molecule has 154 valence electrons. The summed E-state index contributed by atoms with van der Waals surface area (Å²) in [7, 11) is 0. The van der Waals surface area contributed by atoms with Gasteiger partial charge in [0.05, 0.1) is 5.69 Å². The molecule has 1 saturated heterocycles. The molecule has 0 amide bonds. The number of hydrogen-bond acceptors (Lipinski definition) is 4. The van der Waals surface area contributed by atoms with Crippen molar-refractivity contribution in [3.63, 3.8) is 0 Å². The fraction of sp³-hybridized carbons (Fsp3) is 0.583. The van der Waals surface area contributed by atoms with Gasteiger partial charge in [0.15, 0.2) is 0 Å². The number of likely N-dealkylation sites (tertiary alicyclic amines) is 1.